The van der Waals surface area contributed by atoms with Gasteiger partial charge in [0.25, 0.3) is 0 Å². The predicted octanol–water partition coefficient (Wildman–Crippen LogP) is 0.453. The third-order valence-electron chi connectivity index (χ3n) is 3.90. The fourth-order valence-electron chi connectivity index (χ4n) is 2.63. The molecule has 0 aliphatic heterocycles. The molecule has 0 fully saturated rings. The van der Waals surface area contributed by atoms with Crippen molar-refractivity contribution in [3.63, 3.8) is 0 Å². The Kier molecular flexibility index (Phi) is 5.80. The lowest BCUT2D eigenvalue weighted by atomic mass is 10.1. The summed E-state index contributed by atoms with van der Waals surface area (Å²) < 4.78 is 22.8. The number of anilines is 1. The first kappa shape index (κ1) is 20.0. The molecule has 0 unspecified atom stereocenters. The number of rotatable bonds is 8. The molecule has 0 atom stereocenters. The molecule has 150 valence electrons. The van der Waals surface area contributed by atoms with Crippen LogP contribution in [0.4, 0.5) is 5.82 Å². The zero-order valence-electron chi connectivity index (χ0n) is 15.0. The fourth-order valence-corrected chi connectivity index (χ4v) is 3.32. The Hall–Kier alpha value is -2.72. The average Bonchev–Trinajstić information content (AvgIpc) is 2.92. The van der Waals surface area contributed by atoms with Crippen LogP contribution in [0.1, 0.15) is 11.1 Å². The minimum absolute atomic E-state index is 0.0341. The van der Waals surface area contributed by atoms with Gasteiger partial charge >= 0.3 is 19.3 Å². The van der Waals surface area contributed by atoms with Crippen molar-refractivity contribution in [1.82, 2.24) is 19.5 Å². The van der Waals surface area contributed by atoms with Crippen LogP contribution >= 0.6 is 7.60 Å². The number of imidazole rings is 1. The summed E-state index contributed by atoms with van der Waals surface area (Å²) in [5.74, 6) is 0.0882. The molecule has 0 aliphatic rings. The normalized spacial score (nSPS) is 11.8. The monoisotopic (exact) mass is 409 g/mol. The van der Waals surface area contributed by atoms with E-state index in [2.05, 4.69) is 15.0 Å². The molecule has 2 aromatic heterocycles. The van der Waals surface area contributed by atoms with Crippen molar-refractivity contribution < 1.29 is 23.8 Å². The summed E-state index contributed by atoms with van der Waals surface area (Å²) >= 11 is 0. The summed E-state index contributed by atoms with van der Waals surface area (Å²) in [6.45, 7) is 0.766. The number of nitrogens with zero attached hydrogens (tertiary/aromatic N) is 3. The van der Waals surface area contributed by atoms with Crippen molar-refractivity contribution in [2.45, 2.75) is 12.7 Å². The summed E-state index contributed by atoms with van der Waals surface area (Å²) in [7, 11) is -2.60. The molecule has 0 saturated heterocycles. The van der Waals surface area contributed by atoms with Crippen LogP contribution in [-0.2, 0) is 22.0 Å². The van der Waals surface area contributed by atoms with E-state index in [1.54, 1.807) is 24.3 Å². The van der Waals surface area contributed by atoms with E-state index in [1.165, 1.54) is 11.7 Å². The molecule has 3 rings (SSSR count). The number of aromatic nitrogens is 4. The Labute approximate surface area is 159 Å². The van der Waals surface area contributed by atoms with Crippen LogP contribution in [-0.4, -0.2) is 49.6 Å². The van der Waals surface area contributed by atoms with Gasteiger partial charge in [0.1, 0.15) is 12.1 Å². The third kappa shape index (κ3) is 4.76. The first-order chi connectivity index (χ1) is 13.3. The molecule has 3 aromatic rings. The maximum atomic E-state index is 12.3. The summed E-state index contributed by atoms with van der Waals surface area (Å²) in [4.78, 5) is 41.3. The molecule has 2 heterocycles. The van der Waals surface area contributed by atoms with Crippen molar-refractivity contribution in [3.8, 4) is 6.01 Å². The summed E-state index contributed by atoms with van der Waals surface area (Å²) in [6, 6.07) is 6.63. The highest BCUT2D eigenvalue weighted by Crippen LogP contribution is 2.38. The molecule has 11 nitrogen and oxygen atoms in total. The highest BCUT2D eigenvalue weighted by atomic mass is 31.2. The van der Waals surface area contributed by atoms with Gasteiger partial charge in [0, 0.05) is 7.11 Å². The summed E-state index contributed by atoms with van der Waals surface area (Å²) in [6.07, 6.45) is -0.341. The molecule has 12 heteroatoms. The molecule has 0 spiro atoms. The Morgan fingerprint density at radius 1 is 1.18 bits per heavy atom. The number of benzene rings is 1. The molecular weight excluding hydrogens is 389 g/mol. The third-order valence-corrected chi connectivity index (χ3v) is 4.68. The van der Waals surface area contributed by atoms with Gasteiger partial charge in [-0.05, 0) is 11.1 Å². The molecule has 1 aromatic carbocycles. The lowest BCUT2D eigenvalue weighted by Gasteiger charge is -2.08. The van der Waals surface area contributed by atoms with Gasteiger partial charge in [0.05, 0.1) is 19.3 Å². The number of methoxy groups -OCH3 is 1. The Morgan fingerprint density at radius 3 is 2.50 bits per heavy atom. The van der Waals surface area contributed by atoms with E-state index in [9.17, 15) is 9.36 Å². The van der Waals surface area contributed by atoms with Crippen molar-refractivity contribution in [2.75, 3.05) is 26.1 Å². The average molecular weight is 409 g/mol. The van der Waals surface area contributed by atoms with Crippen molar-refractivity contribution in [1.29, 1.82) is 0 Å². The Balaban J connectivity index is 1.89. The topological polar surface area (TPSA) is 166 Å². The number of hydrogen-bond acceptors (Lipinski definition) is 7. The van der Waals surface area contributed by atoms with Gasteiger partial charge < -0.3 is 30.0 Å². The minimum Gasteiger partial charge on any atom is -0.461 e. The predicted molar refractivity (Wildman–Crippen MR) is 101 cm³/mol. The summed E-state index contributed by atoms with van der Waals surface area (Å²) in [5.41, 5.74) is 7.34. The smallest absolute Gasteiger partial charge is 0.329 e. The van der Waals surface area contributed by atoms with Gasteiger partial charge in [-0.3, -0.25) is 9.13 Å². The molecule has 0 radical (unpaired) electrons. The molecule has 28 heavy (non-hydrogen) atoms. The second-order valence-electron chi connectivity index (χ2n) is 6.09. The van der Waals surface area contributed by atoms with Crippen LogP contribution in [0.3, 0.4) is 0 Å². The van der Waals surface area contributed by atoms with Gasteiger partial charge in [-0.15, -0.1) is 0 Å². The van der Waals surface area contributed by atoms with E-state index in [0.717, 1.165) is 5.56 Å². The lowest BCUT2D eigenvalue weighted by Crippen LogP contribution is -2.18. The van der Waals surface area contributed by atoms with Crippen molar-refractivity contribution in [3.05, 3.63) is 45.9 Å². The first-order valence-electron chi connectivity index (χ1n) is 8.27. The van der Waals surface area contributed by atoms with Gasteiger partial charge in [-0.25, -0.2) is 4.79 Å². The Bertz CT molecular complexity index is 1070. The number of H-pyrrole nitrogens is 1. The van der Waals surface area contributed by atoms with Crippen LogP contribution in [0.2, 0.25) is 0 Å². The number of fused-ring (bicyclic) bond motifs is 1. The molecule has 0 saturated carbocycles. The van der Waals surface area contributed by atoms with Crippen LogP contribution in [0.25, 0.3) is 11.2 Å². The number of nitrogens with two attached hydrogens (primary N) is 1. The van der Waals surface area contributed by atoms with Crippen LogP contribution in [0.15, 0.2) is 29.1 Å². The highest BCUT2D eigenvalue weighted by molar-refractivity contribution is 7.50. The second-order valence-corrected chi connectivity index (χ2v) is 7.73. The first-order valence-corrected chi connectivity index (χ1v) is 10.1. The number of nitrogens with one attached hydrogen (secondary N) is 1. The summed E-state index contributed by atoms with van der Waals surface area (Å²) in [5, 5.41) is 0. The van der Waals surface area contributed by atoms with E-state index < -0.39 is 13.3 Å². The van der Waals surface area contributed by atoms with E-state index >= 15 is 0 Å². The highest BCUT2D eigenvalue weighted by Gasteiger charge is 2.16. The van der Waals surface area contributed by atoms with E-state index in [0.29, 0.717) is 23.3 Å². The van der Waals surface area contributed by atoms with E-state index in [-0.39, 0.29) is 31.1 Å². The van der Waals surface area contributed by atoms with Gasteiger partial charge in [0.2, 0.25) is 0 Å². The zero-order valence-corrected chi connectivity index (χ0v) is 15.9. The van der Waals surface area contributed by atoms with Crippen LogP contribution in [0.5, 0.6) is 6.01 Å². The second kappa shape index (κ2) is 8.11. The van der Waals surface area contributed by atoms with Gasteiger partial charge in [-0.2, -0.15) is 9.97 Å². The SMILES string of the molecule is COCCOc1nc(N)c2[nH]c(=O)n(Cc3ccc(CP(=O)(O)O)cc3)c2n1. The maximum Gasteiger partial charge on any atom is 0.329 e. The molecular formula is C16H20N5O6P. The number of ether oxygens (including phenoxy) is 2. The van der Waals surface area contributed by atoms with Crippen LogP contribution in [0, 0.1) is 0 Å². The van der Waals surface area contributed by atoms with Crippen LogP contribution < -0.4 is 16.2 Å². The van der Waals surface area contributed by atoms with Gasteiger partial charge in [-0.1, -0.05) is 24.3 Å². The number of hydrogen-bond donors (Lipinski definition) is 4. The number of nitrogen functional groups attached to an aromatic ring is 1. The van der Waals surface area contributed by atoms with E-state index in [4.69, 9.17) is 25.0 Å². The van der Waals surface area contributed by atoms with Crippen molar-refractivity contribution >= 4 is 24.6 Å². The van der Waals surface area contributed by atoms with E-state index in [1.807, 2.05) is 0 Å². The molecule has 5 N–H and O–H groups in total. The lowest BCUT2D eigenvalue weighted by molar-refractivity contribution is 0.141. The molecule has 0 bridgehead atoms. The van der Waals surface area contributed by atoms with Crippen molar-refractivity contribution in [2.24, 2.45) is 0 Å². The minimum atomic E-state index is -4.14. The fraction of sp³-hybridized carbons (Fsp3) is 0.312. The standard InChI is InChI=1S/C16H20N5O6P/c1-26-6-7-27-15-19-13(17)12-14(20-15)21(16(22)18-12)8-10-2-4-11(5-3-10)9-28(23,24)25/h2-5H,6-9H2,1H3,(H,18,22)(H2,17,19,20)(H2,23,24,25). The molecule has 0 aliphatic carbocycles. The number of aromatic amines is 1. The molecule has 0 amide bonds. The zero-order chi connectivity index (χ0) is 20.3. The quantitative estimate of drug-likeness (QED) is 0.305. The maximum absolute atomic E-state index is 12.3. The largest absolute Gasteiger partial charge is 0.461 e. The van der Waals surface area contributed by atoms with Gasteiger partial charge in [0.15, 0.2) is 11.5 Å². The Morgan fingerprint density at radius 2 is 1.86 bits per heavy atom.